The average molecular weight is 254 g/mol. The second-order valence-corrected chi connectivity index (χ2v) is 3.61. The predicted octanol–water partition coefficient (Wildman–Crippen LogP) is 2.33. The highest BCUT2D eigenvalue weighted by Crippen LogP contribution is 2.31. The van der Waals surface area contributed by atoms with Crippen LogP contribution in [0.2, 0.25) is 0 Å². The van der Waals surface area contributed by atoms with E-state index in [-0.39, 0.29) is 11.4 Å². The van der Waals surface area contributed by atoms with Crippen LogP contribution in [0, 0.1) is 10.1 Å². The monoisotopic (exact) mass is 254 g/mol. The Morgan fingerprint density at radius 1 is 1.50 bits per heavy atom. The van der Waals surface area contributed by atoms with Gasteiger partial charge in [0.15, 0.2) is 0 Å². The summed E-state index contributed by atoms with van der Waals surface area (Å²) < 4.78 is 0. The lowest BCUT2D eigenvalue weighted by Gasteiger charge is -2.06. The largest absolute Gasteiger partial charge is 0.447 e. The number of nitrogens with two attached hydrogens (primary N) is 1. The molecule has 0 aliphatic heterocycles. The minimum absolute atomic E-state index is 0.132. The topological polar surface area (TPSA) is 105 Å². The van der Waals surface area contributed by atoms with E-state index in [0.29, 0.717) is 12.0 Å². The zero-order valence-corrected chi connectivity index (χ0v) is 9.92. The number of carbonyl (C=O) groups excluding carboxylic acids is 1. The van der Waals surface area contributed by atoms with Gasteiger partial charge in [-0.2, -0.15) is 0 Å². The van der Waals surface area contributed by atoms with Crippen molar-refractivity contribution in [1.82, 2.24) is 0 Å². The van der Waals surface area contributed by atoms with Gasteiger partial charge < -0.3 is 5.73 Å². The summed E-state index contributed by atoms with van der Waals surface area (Å²) in [6, 6.07) is 4.58. The summed E-state index contributed by atoms with van der Waals surface area (Å²) in [6.07, 6.45) is 1.13. The fourth-order valence-electron chi connectivity index (χ4n) is 1.50. The van der Waals surface area contributed by atoms with Crippen LogP contribution in [0.4, 0.5) is 10.5 Å². The Kier molecular flexibility index (Phi) is 4.91. The molecule has 0 aliphatic carbocycles. The standard InChI is InChI=1S/C11H14N2O5/c1-2-3-5-8-6-4-7-9(10(8)13(15)16)17-18-11(12)14/h4,6-7H,2-3,5H2,1H3,(H2,12,14). The molecule has 0 bridgehead atoms. The molecule has 0 saturated heterocycles. The van der Waals surface area contributed by atoms with Gasteiger partial charge in [0.2, 0.25) is 0 Å². The molecule has 0 aliphatic rings. The molecule has 0 saturated carbocycles. The van der Waals surface area contributed by atoms with Crippen LogP contribution in [-0.4, -0.2) is 11.0 Å². The number of unbranched alkanes of at least 4 members (excludes halogenated alkanes) is 1. The first kappa shape index (κ1) is 13.8. The van der Waals surface area contributed by atoms with Crippen LogP contribution in [0.1, 0.15) is 25.3 Å². The normalized spacial score (nSPS) is 9.83. The van der Waals surface area contributed by atoms with E-state index in [1.807, 2.05) is 6.92 Å². The summed E-state index contributed by atoms with van der Waals surface area (Å²) in [7, 11) is 0. The van der Waals surface area contributed by atoms with E-state index in [4.69, 9.17) is 5.73 Å². The second-order valence-electron chi connectivity index (χ2n) is 3.61. The Hall–Kier alpha value is -2.31. The van der Waals surface area contributed by atoms with Crippen LogP contribution >= 0.6 is 0 Å². The number of amides is 1. The number of primary amides is 1. The lowest BCUT2D eigenvalue weighted by Crippen LogP contribution is -2.16. The predicted molar refractivity (Wildman–Crippen MR) is 63.0 cm³/mol. The van der Waals surface area contributed by atoms with Crippen molar-refractivity contribution in [2.45, 2.75) is 26.2 Å². The first-order valence-electron chi connectivity index (χ1n) is 5.46. The number of benzene rings is 1. The first-order valence-corrected chi connectivity index (χ1v) is 5.46. The van der Waals surface area contributed by atoms with Crippen molar-refractivity contribution in [3.63, 3.8) is 0 Å². The number of nitro benzene ring substituents is 1. The Bertz CT molecular complexity index is 447. The summed E-state index contributed by atoms with van der Waals surface area (Å²) in [5.74, 6) is -0.132. The molecule has 7 heteroatoms. The molecular weight excluding hydrogens is 240 g/mol. The molecule has 1 amide bonds. The van der Waals surface area contributed by atoms with Gasteiger partial charge in [0.05, 0.1) is 4.92 Å². The zero-order valence-electron chi connectivity index (χ0n) is 9.92. The lowest BCUT2D eigenvalue weighted by atomic mass is 10.1. The Morgan fingerprint density at radius 3 is 2.78 bits per heavy atom. The maximum Gasteiger partial charge on any atom is 0.447 e. The molecule has 1 aromatic carbocycles. The summed E-state index contributed by atoms with van der Waals surface area (Å²) in [4.78, 5) is 29.5. The van der Waals surface area contributed by atoms with Crippen LogP contribution in [0.3, 0.4) is 0 Å². The summed E-state index contributed by atoms with van der Waals surface area (Å²) in [5, 5.41) is 11.0. The van der Waals surface area contributed by atoms with Gasteiger partial charge in [-0.05, 0) is 18.9 Å². The molecular formula is C11H14N2O5. The van der Waals surface area contributed by atoms with E-state index in [1.54, 1.807) is 12.1 Å². The molecule has 0 fully saturated rings. The number of aryl methyl sites for hydroxylation is 1. The minimum Gasteiger partial charge on any atom is -0.332 e. The third kappa shape index (κ3) is 3.62. The van der Waals surface area contributed by atoms with Crippen molar-refractivity contribution in [3.05, 3.63) is 33.9 Å². The number of nitro groups is 1. The van der Waals surface area contributed by atoms with Gasteiger partial charge in [-0.25, -0.2) is 9.68 Å². The van der Waals surface area contributed by atoms with Crippen molar-refractivity contribution in [1.29, 1.82) is 0 Å². The van der Waals surface area contributed by atoms with Crippen molar-refractivity contribution < 1.29 is 19.5 Å². The van der Waals surface area contributed by atoms with Crippen LogP contribution < -0.4 is 10.6 Å². The Balaban J connectivity index is 3.01. The molecule has 0 spiro atoms. The molecule has 0 aromatic heterocycles. The second kappa shape index (κ2) is 6.43. The van der Waals surface area contributed by atoms with Gasteiger partial charge in [0.1, 0.15) is 0 Å². The molecule has 18 heavy (non-hydrogen) atoms. The van der Waals surface area contributed by atoms with Gasteiger partial charge in [-0.15, -0.1) is 0 Å². The van der Waals surface area contributed by atoms with Gasteiger partial charge >= 0.3 is 11.8 Å². The van der Waals surface area contributed by atoms with E-state index in [0.717, 1.165) is 12.8 Å². The van der Waals surface area contributed by atoms with E-state index in [1.165, 1.54) is 6.07 Å². The third-order valence-corrected chi connectivity index (χ3v) is 2.28. The quantitative estimate of drug-likeness (QED) is 0.476. The molecule has 1 aromatic rings. The maximum atomic E-state index is 11.0. The Morgan fingerprint density at radius 2 is 2.22 bits per heavy atom. The minimum atomic E-state index is -1.16. The van der Waals surface area contributed by atoms with Gasteiger partial charge in [0.25, 0.3) is 5.75 Å². The number of nitrogens with zero attached hydrogens (tertiary/aromatic N) is 1. The average Bonchev–Trinajstić information content (AvgIpc) is 2.33. The number of para-hydroxylation sites is 1. The summed E-state index contributed by atoms with van der Waals surface area (Å²) in [6.45, 7) is 1.99. The maximum absolute atomic E-state index is 11.0. The highest BCUT2D eigenvalue weighted by molar-refractivity contribution is 5.64. The fraction of sp³-hybridized carbons (Fsp3) is 0.364. The molecule has 0 unspecified atom stereocenters. The summed E-state index contributed by atoms with van der Waals surface area (Å²) in [5.41, 5.74) is 5.06. The highest BCUT2D eigenvalue weighted by atomic mass is 17.2. The smallest absolute Gasteiger partial charge is 0.332 e. The van der Waals surface area contributed by atoms with Crippen molar-refractivity contribution in [2.24, 2.45) is 5.73 Å². The van der Waals surface area contributed by atoms with Crippen molar-refractivity contribution >= 4 is 11.8 Å². The number of rotatable bonds is 6. The molecule has 0 atom stereocenters. The molecule has 0 radical (unpaired) electrons. The molecule has 7 nitrogen and oxygen atoms in total. The van der Waals surface area contributed by atoms with Gasteiger partial charge in [-0.3, -0.25) is 15.0 Å². The number of hydrogen-bond acceptors (Lipinski definition) is 5. The van der Waals surface area contributed by atoms with E-state index < -0.39 is 11.0 Å². The van der Waals surface area contributed by atoms with Crippen LogP contribution in [0.5, 0.6) is 5.75 Å². The first-order chi connectivity index (χ1) is 8.56. The SMILES string of the molecule is CCCCc1cccc(OOC(N)=O)c1[N+](=O)[O-]. The van der Waals surface area contributed by atoms with E-state index in [2.05, 4.69) is 9.78 Å². The third-order valence-electron chi connectivity index (χ3n) is 2.28. The zero-order chi connectivity index (χ0) is 13.5. The molecule has 98 valence electrons. The van der Waals surface area contributed by atoms with Crippen LogP contribution in [-0.2, 0) is 11.3 Å². The van der Waals surface area contributed by atoms with Gasteiger partial charge in [-0.1, -0.05) is 25.5 Å². The van der Waals surface area contributed by atoms with Crippen molar-refractivity contribution in [2.75, 3.05) is 0 Å². The van der Waals surface area contributed by atoms with Gasteiger partial charge in [0, 0.05) is 5.56 Å². The lowest BCUT2D eigenvalue weighted by molar-refractivity contribution is -0.388. The highest BCUT2D eigenvalue weighted by Gasteiger charge is 2.22. The van der Waals surface area contributed by atoms with Crippen LogP contribution in [0.25, 0.3) is 0 Å². The van der Waals surface area contributed by atoms with E-state index >= 15 is 0 Å². The number of carbonyl (C=O) groups is 1. The fourth-order valence-corrected chi connectivity index (χ4v) is 1.50. The number of hydrogen-bond donors (Lipinski definition) is 1. The van der Waals surface area contributed by atoms with Crippen LogP contribution in [0.15, 0.2) is 18.2 Å². The Labute approximate surface area is 104 Å². The molecule has 2 N–H and O–H groups in total. The van der Waals surface area contributed by atoms with E-state index in [9.17, 15) is 14.9 Å². The van der Waals surface area contributed by atoms with Crippen molar-refractivity contribution in [3.8, 4) is 5.75 Å². The molecule has 0 heterocycles. The summed E-state index contributed by atoms with van der Waals surface area (Å²) >= 11 is 0. The molecule has 1 rings (SSSR count).